The molecule has 2 aromatic heterocycles. The minimum Gasteiger partial charge on any atom is -0.348 e. The maximum Gasteiger partial charge on any atom is 0.240 e. The Bertz CT molecular complexity index is 1060. The third-order valence-corrected chi connectivity index (χ3v) is 5.11. The van der Waals surface area contributed by atoms with Crippen molar-refractivity contribution in [3.8, 4) is 0 Å². The van der Waals surface area contributed by atoms with E-state index in [1.165, 1.54) is 0 Å². The molecule has 0 saturated heterocycles. The Morgan fingerprint density at radius 3 is 2.57 bits per heavy atom. The summed E-state index contributed by atoms with van der Waals surface area (Å²) >= 11 is 0. The molecule has 28 heavy (non-hydrogen) atoms. The molecular formula is C23H24N4O. The van der Waals surface area contributed by atoms with E-state index in [0.717, 1.165) is 35.3 Å². The summed E-state index contributed by atoms with van der Waals surface area (Å²) in [6.45, 7) is 3.10. The fraction of sp³-hybridized carbons (Fsp3) is 0.217. The van der Waals surface area contributed by atoms with Crippen molar-refractivity contribution < 1.29 is 4.79 Å². The topological polar surface area (TPSA) is 51.9 Å². The van der Waals surface area contributed by atoms with Crippen LogP contribution in [0.15, 0.2) is 79.3 Å². The van der Waals surface area contributed by atoms with E-state index in [9.17, 15) is 4.79 Å². The Hall–Kier alpha value is -3.34. The van der Waals surface area contributed by atoms with Crippen molar-refractivity contribution in [3.05, 3.63) is 90.6 Å². The predicted octanol–water partition coefficient (Wildman–Crippen LogP) is 4.09. The van der Waals surface area contributed by atoms with Crippen LogP contribution in [0.1, 0.15) is 23.9 Å². The van der Waals surface area contributed by atoms with Crippen molar-refractivity contribution in [1.29, 1.82) is 0 Å². The number of nitrogens with one attached hydrogen (secondary N) is 1. The van der Waals surface area contributed by atoms with E-state index in [4.69, 9.17) is 0 Å². The van der Waals surface area contributed by atoms with E-state index in [1.807, 2.05) is 72.5 Å². The smallest absolute Gasteiger partial charge is 0.240 e. The maximum absolute atomic E-state index is 12.8. The molecule has 0 bridgehead atoms. The molecule has 0 aliphatic heterocycles. The van der Waals surface area contributed by atoms with Gasteiger partial charge in [-0.25, -0.2) is 4.98 Å². The van der Waals surface area contributed by atoms with Gasteiger partial charge in [-0.3, -0.25) is 4.79 Å². The van der Waals surface area contributed by atoms with E-state index >= 15 is 0 Å². The standard InChI is InChI=1S/C23H24N4O/c1-18-24-13-16-26(18)15-12-21(19-7-3-2-4-8-19)25-23(28)17-27-14-11-20-9-5-6-10-22(20)27/h2-11,13-14,16,21H,12,15,17H2,1H3,(H,25,28). The molecule has 0 spiro atoms. The number of amides is 1. The van der Waals surface area contributed by atoms with Crippen LogP contribution in [0.4, 0.5) is 0 Å². The first kappa shape index (κ1) is 18.0. The molecule has 1 unspecified atom stereocenters. The van der Waals surface area contributed by atoms with Gasteiger partial charge in [0.05, 0.1) is 6.04 Å². The van der Waals surface area contributed by atoms with Crippen molar-refractivity contribution in [1.82, 2.24) is 19.4 Å². The zero-order valence-corrected chi connectivity index (χ0v) is 16.0. The molecular weight excluding hydrogens is 348 g/mol. The first-order valence-electron chi connectivity index (χ1n) is 9.56. The van der Waals surface area contributed by atoms with Crippen LogP contribution in [-0.2, 0) is 17.9 Å². The summed E-state index contributed by atoms with van der Waals surface area (Å²) in [7, 11) is 0. The number of rotatable bonds is 7. The van der Waals surface area contributed by atoms with Crippen LogP contribution in [0.25, 0.3) is 10.9 Å². The molecule has 0 radical (unpaired) electrons. The number of aryl methyl sites for hydroxylation is 2. The number of carbonyl (C=O) groups excluding carboxylic acids is 1. The van der Waals surface area contributed by atoms with Crippen LogP contribution < -0.4 is 5.32 Å². The molecule has 0 aliphatic rings. The molecule has 1 N–H and O–H groups in total. The molecule has 2 heterocycles. The Balaban J connectivity index is 1.48. The minimum atomic E-state index is -0.0441. The second-order valence-corrected chi connectivity index (χ2v) is 6.99. The van der Waals surface area contributed by atoms with Gasteiger partial charge in [0, 0.05) is 30.7 Å². The van der Waals surface area contributed by atoms with Crippen LogP contribution in [0.5, 0.6) is 0 Å². The van der Waals surface area contributed by atoms with Gasteiger partial charge in [0.2, 0.25) is 5.91 Å². The summed E-state index contributed by atoms with van der Waals surface area (Å²) in [4.78, 5) is 17.1. The predicted molar refractivity (Wildman–Crippen MR) is 111 cm³/mol. The van der Waals surface area contributed by atoms with Crippen molar-refractivity contribution in [2.24, 2.45) is 0 Å². The second-order valence-electron chi connectivity index (χ2n) is 6.99. The largest absolute Gasteiger partial charge is 0.348 e. The summed E-state index contributed by atoms with van der Waals surface area (Å²) in [5, 5.41) is 4.37. The highest BCUT2D eigenvalue weighted by atomic mass is 16.2. The fourth-order valence-electron chi connectivity index (χ4n) is 3.59. The monoisotopic (exact) mass is 372 g/mol. The zero-order valence-electron chi connectivity index (χ0n) is 16.0. The minimum absolute atomic E-state index is 0.0116. The van der Waals surface area contributed by atoms with Crippen LogP contribution in [0.2, 0.25) is 0 Å². The molecule has 142 valence electrons. The van der Waals surface area contributed by atoms with Gasteiger partial charge in [-0.15, -0.1) is 0 Å². The highest BCUT2D eigenvalue weighted by Gasteiger charge is 2.16. The van der Waals surface area contributed by atoms with Crippen LogP contribution >= 0.6 is 0 Å². The van der Waals surface area contributed by atoms with Gasteiger partial charge in [0.25, 0.3) is 0 Å². The molecule has 0 aliphatic carbocycles. The summed E-state index contributed by atoms with van der Waals surface area (Å²) in [5.41, 5.74) is 2.19. The zero-order chi connectivity index (χ0) is 19.3. The lowest BCUT2D eigenvalue weighted by Crippen LogP contribution is -2.32. The van der Waals surface area contributed by atoms with E-state index in [1.54, 1.807) is 0 Å². The lowest BCUT2D eigenvalue weighted by Gasteiger charge is -2.20. The SMILES string of the molecule is Cc1nccn1CCC(NC(=O)Cn1ccc2ccccc21)c1ccccc1. The Kier molecular flexibility index (Phi) is 5.24. The van der Waals surface area contributed by atoms with Gasteiger partial charge in [0.1, 0.15) is 12.4 Å². The molecule has 4 rings (SSSR count). The van der Waals surface area contributed by atoms with Gasteiger partial charge >= 0.3 is 0 Å². The number of benzene rings is 2. The molecule has 0 fully saturated rings. The number of nitrogens with zero attached hydrogens (tertiary/aromatic N) is 3. The summed E-state index contributed by atoms with van der Waals surface area (Å²) in [6, 6.07) is 20.3. The Morgan fingerprint density at radius 1 is 1.00 bits per heavy atom. The Morgan fingerprint density at radius 2 is 1.79 bits per heavy atom. The van der Waals surface area contributed by atoms with Crippen LogP contribution in [0, 0.1) is 6.92 Å². The molecule has 5 heteroatoms. The highest BCUT2D eigenvalue weighted by Crippen LogP contribution is 2.19. The maximum atomic E-state index is 12.8. The van der Waals surface area contributed by atoms with Crippen molar-refractivity contribution in [2.45, 2.75) is 32.5 Å². The molecule has 1 amide bonds. The van der Waals surface area contributed by atoms with Crippen LogP contribution in [-0.4, -0.2) is 20.0 Å². The van der Waals surface area contributed by atoms with E-state index in [0.29, 0.717) is 6.54 Å². The molecule has 5 nitrogen and oxygen atoms in total. The number of imidazole rings is 1. The summed E-state index contributed by atoms with van der Waals surface area (Å²) in [5.74, 6) is 0.995. The van der Waals surface area contributed by atoms with Gasteiger partial charge in [-0.05, 0) is 36.4 Å². The molecule has 1 atom stereocenters. The lowest BCUT2D eigenvalue weighted by molar-refractivity contribution is -0.122. The third kappa shape index (κ3) is 3.98. The fourth-order valence-corrected chi connectivity index (χ4v) is 3.59. The number of carbonyl (C=O) groups is 1. The molecule has 4 aromatic rings. The number of aromatic nitrogens is 3. The number of hydrogen-bond donors (Lipinski definition) is 1. The van der Waals surface area contributed by atoms with E-state index < -0.39 is 0 Å². The Labute approximate surface area is 164 Å². The average Bonchev–Trinajstić information content (AvgIpc) is 3.32. The number of fused-ring (bicyclic) bond motifs is 1. The number of para-hydroxylation sites is 1. The van der Waals surface area contributed by atoms with Gasteiger partial charge in [-0.1, -0.05) is 48.5 Å². The van der Waals surface area contributed by atoms with Crippen molar-refractivity contribution in [3.63, 3.8) is 0 Å². The van der Waals surface area contributed by atoms with Gasteiger partial charge < -0.3 is 14.5 Å². The van der Waals surface area contributed by atoms with Crippen LogP contribution in [0.3, 0.4) is 0 Å². The quantitative estimate of drug-likeness (QED) is 0.531. The van der Waals surface area contributed by atoms with Crippen molar-refractivity contribution in [2.75, 3.05) is 0 Å². The average molecular weight is 372 g/mol. The summed E-state index contributed by atoms with van der Waals surface area (Å²) < 4.78 is 4.11. The van der Waals surface area contributed by atoms with Crippen molar-refractivity contribution >= 4 is 16.8 Å². The first-order chi connectivity index (χ1) is 13.7. The van der Waals surface area contributed by atoms with Gasteiger partial charge in [-0.2, -0.15) is 0 Å². The third-order valence-electron chi connectivity index (χ3n) is 5.11. The normalized spacial score (nSPS) is 12.2. The van der Waals surface area contributed by atoms with E-state index in [2.05, 4.69) is 33.1 Å². The molecule has 2 aromatic carbocycles. The number of hydrogen-bond acceptors (Lipinski definition) is 2. The first-order valence-corrected chi connectivity index (χ1v) is 9.56. The summed E-state index contributed by atoms with van der Waals surface area (Å²) in [6.07, 6.45) is 6.56. The second kappa shape index (κ2) is 8.13. The van der Waals surface area contributed by atoms with Gasteiger partial charge in [0.15, 0.2) is 0 Å². The lowest BCUT2D eigenvalue weighted by atomic mass is 10.0. The van der Waals surface area contributed by atoms with E-state index in [-0.39, 0.29) is 11.9 Å². The highest BCUT2D eigenvalue weighted by molar-refractivity contribution is 5.83. The molecule has 0 saturated carbocycles.